The lowest BCUT2D eigenvalue weighted by Gasteiger charge is -2.19. The summed E-state index contributed by atoms with van der Waals surface area (Å²) in [7, 11) is 0. The minimum Gasteiger partial charge on any atom is -0.439 e. The van der Waals surface area contributed by atoms with Crippen LogP contribution in [0.15, 0.2) is 41.5 Å². The minimum absolute atomic E-state index is 0.0419. The summed E-state index contributed by atoms with van der Waals surface area (Å²) < 4.78 is 11.9. The fraction of sp³-hybridized carbons (Fsp3) is 0.429. The second-order valence-corrected chi connectivity index (χ2v) is 8.07. The van der Waals surface area contributed by atoms with Gasteiger partial charge in [-0.15, -0.1) is 0 Å². The Labute approximate surface area is 153 Å². The van der Waals surface area contributed by atoms with E-state index in [-0.39, 0.29) is 11.6 Å². The molecule has 5 heteroatoms. The Bertz CT molecular complexity index is 856. The zero-order valence-corrected chi connectivity index (χ0v) is 15.2. The zero-order chi connectivity index (χ0) is 17.7. The lowest BCUT2D eigenvalue weighted by Crippen LogP contribution is -2.28. The van der Waals surface area contributed by atoms with Gasteiger partial charge in [0.05, 0.1) is 36.5 Å². The number of ether oxygens (including phenoxy) is 2. The quantitative estimate of drug-likeness (QED) is 0.816. The fourth-order valence-electron chi connectivity index (χ4n) is 3.70. The Hall–Kier alpha value is -2.40. The van der Waals surface area contributed by atoms with Crippen molar-refractivity contribution in [3.05, 3.63) is 47.7 Å². The maximum Gasteiger partial charge on any atom is 0.219 e. The number of hydrogen-bond donors (Lipinski definition) is 0. The van der Waals surface area contributed by atoms with Crippen LogP contribution >= 0.6 is 0 Å². The van der Waals surface area contributed by atoms with Crippen LogP contribution < -0.4 is 9.64 Å². The van der Waals surface area contributed by atoms with E-state index < -0.39 is 0 Å². The molecule has 2 aromatic rings. The molecule has 1 atom stereocenters. The summed E-state index contributed by atoms with van der Waals surface area (Å²) in [5, 5.41) is 0. The molecule has 1 aliphatic carbocycles. The van der Waals surface area contributed by atoms with Crippen LogP contribution in [-0.4, -0.2) is 23.4 Å². The van der Waals surface area contributed by atoms with Crippen LogP contribution in [-0.2, 0) is 11.3 Å². The van der Waals surface area contributed by atoms with E-state index in [9.17, 15) is 0 Å². The van der Waals surface area contributed by atoms with Crippen molar-refractivity contribution in [3.63, 3.8) is 0 Å². The Morgan fingerprint density at radius 1 is 1.19 bits per heavy atom. The van der Waals surface area contributed by atoms with Gasteiger partial charge in [0.25, 0.3) is 0 Å². The number of benzene rings is 1. The van der Waals surface area contributed by atoms with Crippen LogP contribution in [0.3, 0.4) is 0 Å². The first kappa shape index (κ1) is 15.8. The first-order chi connectivity index (χ1) is 12.6. The lowest BCUT2D eigenvalue weighted by molar-refractivity contribution is 0.0506. The van der Waals surface area contributed by atoms with Crippen LogP contribution in [0, 0.1) is 5.92 Å². The zero-order valence-electron chi connectivity index (χ0n) is 15.2. The number of aliphatic imine (C=N–C) groups is 1. The van der Waals surface area contributed by atoms with E-state index in [1.165, 1.54) is 24.0 Å². The standard InChI is InChI=1S/C21H23N3O2/c1-21(2)12-24(13-23-21)16-6-8-19(22-10-16)26-17-7-5-15-11-25-20(14-3-4-14)18(15)9-17/h5-10,13-14,20H,3-4,11-12H2,1-2H3. The molecule has 1 aromatic carbocycles. The molecule has 26 heavy (non-hydrogen) atoms. The van der Waals surface area contributed by atoms with Gasteiger partial charge in [-0.1, -0.05) is 6.07 Å². The molecule has 1 fully saturated rings. The van der Waals surface area contributed by atoms with Gasteiger partial charge in [-0.2, -0.15) is 0 Å². The van der Waals surface area contributed by atoms with Crippen LogP contribution in [0.1, 0.15) is 43.9 Å². The van der Waals surface area contributed by atoms with Crippen molar-refractivity contribution in [2.75, 3.05) is 11.4 Å². The first-order valence-corrected chi connectivity index (χ1v) is 9.28. The smallest absolute Gasteiger partial charge is 0.219 e. The summed E-state index contributed by atoms with van der Waals surface area (Å²) in [4.78, 5) is 11.1. The molecule has 134 valence electrons. The lowest BCUT2D eigenvalue weighted by atomic mass is 10.0. The normalized spacial score (nSPS) is 23.3. The number of aromatic nitrogens is 1. The van der Waals surface area contributed by atoms with Crippen LogP contribution in [0.4, 0.5) is 5.69 Å². The van der Waals surface area contributed by atoms with E-state index in [1.807, 2.05) is 30.7 Å². The topological polar surface area (TPSA) is 47.0 Å². The molecule has 3 aliphatic rings. The second-order valence-electron chi connectivity index (χ2n) is 8.07. The van der Waals surface area contributed by atoms with Gasteiger partial charge in [-0.3, -0.25) is 4.99 Å². The van der Waals surface area contributed by atoms with Crippen molar-refractivity contribution in [1.29, 1.82) is 0 Å². The van der Waals surface area contributed by atoms with Crippen molar-refractivity contribution in [2.45, 2.75) is 44.9 Å². The fourth-order valence-corrected chi connectivity index (χ4v) is 3.70. The van der Waals surface area contributed by atoms with Gasteiger partial charge >= 0.3 is 0 Å². The molecule has 1 aromatic heterocycles. The summed E-state index contributed by atoms with van der Waals surface area (Å²) in [6, 6.07) is 10.2. The van der Waals surface area contributed by atoms with E-state index in [0.29, 0.717) is 11.8 Å². The highest BCUT2D eigenvalue weighted by Crippen LogP contribution is 2.48. The Morgan fingerprint density at radius 2 is 2.08 bits per heavy atom. The van der Waals surface area contributed by atoms with E-state index in [0.717, 1.165) is 24.6 Å². The predicted molar refractivity (Wildman–Crippen MR) is 101 cm³/mol. The summed E-state index contributed by atoms with van der Waals surface area (Å²) in [5.41, 5.74) is 3.56. The van der Waals surface area contributed by atoms with Gasteiger partial charge in [0.1, 0.15) is 5.75 Å². The van der Waals surface area contributed by atoms with Gasteiger partial charge in [0.2, 0.25) is 5.88 Å². The maximum atomic E-state index is 5.99. The largest absolute Gasteiger partial charge is 0.439 e. The summed E-state index contributed by atoms with van der Waals surface area (Å²) in [5.74, 6) is 2.12. The molecule has 0 radical (unpaired) electrons. The molecule has 0 amide bonds. The molecule has 1 saturated carbocycles. The Kier molecular flexibility index (Phi) is 3.54. The molecule has 2 aliphatic heterocycles. The van der Waals surface area contributed by atoms with Gasteiger partial charge in [0, 0.05) is 12.6 Å². The van der Waals surface area contributed by atoms with Gasteiger partial charge < -0.3 is 14.4 Å². The minimum atomic E-state index is -0.0419. The molecule has 0 N–H and O–H groups in total. The molecule has 0 saturated heterocycles. The van der Waals surface area contributed by atoms with E-state index in [4.69, 9.17) is 9.47 Å². The number of pyridine rings is 1. The number of anilines is 1. The van der Waals surface area contributed by atoms with Crippen molar-refractivity contribution >= 4 is 12.0 Å². The third-order valence-electron chi connectivity index (χ3n) is 5.27. The molecule has 1 unspecified atom stereocenters. The Balaban J connectivity index is 1.31. The molecule has 5 rings (SSSR count). The first-order valence-electron chi connectivity index (χ1n) is 9.28. The van der Waals surface area contributed by atoms with Crippen molar-refractivity contribution in [2.24, 2.45) is 10.9 Å². The third kappa shape index (κ3) is 2.97. The summed E-state index contributed by atoms with van der Waals surface area (Å²) >= 11 is 0. The van der Waals surface area contributed by atoms with E-state index in [2.05, 4.69) is 40.9 Å². The second kappa shape index (κ2) is 5.81. The highest BCUT2D eigenvalue weighted by atomic mass is 16.5. The Morgan fingerprint density at radius 3 is 2.77 bits per heavy atom. The van der Waals surface area contributed by atoms with Crippen molar-refractivity contribution in [1.82, 2.24) is 4.98 Å². The van der Waals surface area contributed by atoms with Gasteiger partial charge in [-0.25, -0.2) is 4.98 Å². The highest BCUT2D eigenvalue weighted by molar-refractivity contribution is 5.81. The van der Waals surface area contributed by atoms with Crippen LogP contribution in [0.5, 0.6) is 11.6 Å². The van der Waals surface area contributed by atoms with Crippen LogP contribution in [0.2, 0.25) is 0 Å². The van der Waals surface area contributed by atoms with Crippen molar-refractivity contribution < 1.29 is 9.47 Å². The number of fused-ring (bicyclic) bond motifs is 1. The molecule has 5 nitrogen and oxygen atoms in total. The number of hydrogen-bond acceptors (Lipinski definition) is 5. The van der Waals surface area contributed by atoms with Crippen LogP contribution in [0.25, 0.3) is 0 Å². The maximum absolute atomic E-state index is 5.99. The highest BCUT2D eigenvalue weighted by Gasteiger charge is 2.37. The van der Waals surface area contributed by atoms with Gasteiger partial charge in [-0.05, 0) is 61.9 Å². The van der Waals surface area contributed by atoms with Gasteiger partial charge in [0.15, 0.2) is 0 Å². The monoisotopic (exact) mass is 349 g/mol. The molecular weight excluding hydrogens is 326 g/mol. The molecular formula is C21H23N3O2. The predicted octanol–water partition coefficient (Wildman–Crippen LogP) is 4.48. The molecule has 3 heterocycles. The molecule has 0 spiro atoms. The number of nitrogens with zero attached hydrogens (tertiary/aromatic N) is 3. The number of rotatable bonds is 4. The third-order valence-corrected chi connectivity index (χ3v) is 5.27. The average Bonchev–Trinajstić information content (AvgIpc) is 3.28. The average molecular weight is 349 g/mol. The van der Waals surface area contributed by atoms with E-state index in [1.54, 1.807) is 0 Å². The SMILES string of the molecule is CC1(C)CN(c2ccc(Oc3ccc4c(c3)C(C3CC3)OC4)nc2)C=N1. The van der Waals surface area contributed by atoms with E-state index >= 15 is 0 Å². The molecule has 0 bridgehead atoms. The summed E-state index contributed by atoms with van der Waals surface area (Å²) in [6.45, 7) is 5.83. The van der Waals surface area contributed by atoms with Crippen molar-refractivity contribution in [3.8, 4) is 11.6 Å². The summed E-state index contributed by atoms with van der Waals surface area (Å²) in [6.07, 6.45) is 6.52.